The van der Waals surface area contributed by atoms with Crippen LogP contribution in [0, 0.1) is 23.2 Å². The average Bonchev–Trinajstić information content (AvgIpc) is 3.12. The first-order chi connectivity index (χ1) is 15.1. The molecule has 0 aromatic heterocycles. The monoisotopic (exact) mass is 438 g/mol. The van der Waals surface area contributed by atoms with Gasteiger partial charge in [-0.3, -0.25) is 0 Å². The predicted molar refractivity (Wildman–Crippen MR) is 136 cm³/mol. The molecule has 5 unspecified atom stereocenters. The van der Waals surface area contributed by atoms with E-state index < -0.39 is 5.60 Å². The summed E-state index contributed by atoms with van der Waals surface area (Å²) in [7, 11) is 0. The molecule has 0 saturated heterocycles. The minimum absolute atomic E-state index is 0.233. The van der Waals surface area contributed by atoms with Crippen LogP contribution in [0.1, 0.15) is 92.4 Å². The Morgan fingerprint density at radius 2 is 2.00 bits per heavy atom. The zero-order valence-electron chi connectivity index (χ0n) is 21.2. The summed E-state index contributed by atoms with van der Waals surface area (Å²) < 4.78 is 0. The lowest BCUT2D eigenvalue weighted by Crippen LogP contribution is -2.32. The molecule has 2 nitrogen and oxygen atoms in total. The normalized spacial score (nSPS) is 34.9. The Kier molecular flexibility index (Phi) is 8.10. The van der Waals surface area contributed by atoms with Gasteiger partial charge in [-0.1, -0.05) is 82.7 Å². The fourth-order valence-electron chi connectivity index (χ4n) is 6.44. The molecule has 0 aromatic carbocycles. The maximum Gasteiger partial charge on any atom is 0.0822 e. The van der Waals surface area contributed by atoms with E-state index >= 15 is 0 Å². The van der Waals surface area contributed by atoms with E-state index in [0.29, 0.717) is 17.8 Å². The van der Waals surface area contributed by atoms with E-state index in [1.54, 1.807) is 11.1 Å². The second-order valence-electron chi connectivity index (χ2n) is 11.0. The summed E-state index contributed by atoms with van der Waals surface area (Å²) in [5.41, 5.74) is 5.23. The van der Waals surface area contributed by atoms with Crippen LogP contribution < -0.4 is 0 Å². The van der Waals surface area contributed by atoms with Crippen LogP contribution in [0.25, 0.3) is 0 Å². The molecule has 3 aliphatic carbocycles. The van der Waals surface area contributed by atoms with Gasteiger partial charge in [0.15, 0.2) is 0 Å². The number of aliphatic hydroxyl groups excluding tert-OH is 1. The average molecular weight is 439 g/mol. The van der Waals surface area contributed by atoms with E-state index in [1.165, 1.54) is 30.4 Å². The summed E-state index contributed by atoms with van der Waals surface area (Å²) in [6, 6.07) is 0. The highest BCUT2D eigenvalue weighted by Crippen LogP contribution is 2.57. The van der Waals surface area contributed by atoms with Crippen molar-refractivity contribution < 1.29 is 10.2 Å². The quantitative estimate of drug-likeness (QED) is 0.405. The van der Waals surface area contributed by atoms with E-state index in [4.69, 9.17) is 0 Å². The summed E-state index contributed by atoms with van der Waals surface area (Å²) in [4.78, 5) is 0. The van der Waals surface area contributed by atoms with E-state index in [9.17, 15) is 10.2 Å². The highest BCUT2D eigenvalue weighted by Gasteiger charge is 2.45. The van der Waals surface area contributed by atoms with Crippen LogP contribution in [0.2, 0.25) is 0 Å². The Balaban J connectivity index is 1.73. The molecular formula is C30H46O2. The molecule has 2 fully saturated rings. The molecule has 3 rings (SSSR count). The van der Waals surface area contributed by atoms with E-state index in [1.807, 2.05) is 6.08 Å². The minimum Gasteiger partial charge on any atom is -0.393 e. The Morgan fingerprint density at radius 1 is 1.28 bits per heavy atom. The fourth-order valence-corrected chi connectivity index (χ4v) is 6.44. The fraction of sp³-hybridized carbons (Fsp3) is 0.667. The number of hydrogen-bond donors (Lipinski definition) is 2. The molecular weight excluding hydrogens is 392 g/mol. The largest absolute Gasteiger partial charge is 0.393 e. The third-order valence-corrected chi connectivity index (χ3v) is 8.87. The first-order valence-electron chi connectivity index (χ1n) is 13.0. The van der Waals surface area contributed by atoms with Gasteiger partial charge in [0.2, 0.25) is 0 Å². The first kappa shape index (κ1) is 25.2. The Hall–Kier alpha value is -1.38. The van der Waals surface area contributed by atoms with Gasteiger partial charge in [-0.15, -0.1) is 0 Å². The third kappa shape index (κ3) is 5.23. The van der Waals surface area contributed by atoms with Crippen LogP contribution in [0.5, 0.6) is 0 Å². The third-order valence-electron chi connectivity index (χ3n) is 8.87. The van der Waals surface area contributed by atoms with Gasteiger partial charge >= 0.3 is 0 Å². The number of hydrogen-bond acceptors (Lipinski definition) is 2. The van der Waals surface area contributed by atoms with Crippen LogP contribution in [0.3, 0.4) is 0 Å². The molecule has 5 atom stereocenters. The summed E-state index contributed by atoms with van der Waals surface area (Å²) in [5, 5.41) is 20.8. The molecule has 32 heavy (non-hydrogen) atoms. The molecule has 0 aliphatic heterocycles. The highest BCUT2D eigenvalue weighted by atomic mass is 16.3. The summed E-state index contributed by atoms with van der Waals surface area (Å²) >= 11 is 0. The summed E-state index contributed by atoms with van der Waals surface area (Å²) in [5.74, 6) is 1.47. The van der Waals surface area contributed by atoms with Crippen molar-refractivity contribution in [1.82, 2.24) is 0 Å². The number of allylic oxidation sites excluding steroid dienone is 7. The van der Waals surface area contributed by atoms with Crippen molar-refractivity contribution in [3.63, 3.8) is 0 Å². The van der Waals surface area contributed by atoms with Crippen LogP contribution in [-0.2, 0) is 0 Å². The zero-order valence-corrected chi connectivity index (χ0v) is 21.2. The molecule has 3 aliphatic rings. The van der Waals surface area contributed by atoms with E-state index in [0.717, 1.165) is 38.5 Å². The minimum atomic E-state index is -0.654. The lowest BCUT2D eigenvalue weighted by atomic mass is 9.62. The second-order valence-corrected chi connectivity index (χ2v) is 11.0. The summed E-state index contributed by atoms with van der Waals surface area (Å²) in [6.45, 7) is 15.4. The van der Waals surface area contributed by atoms with Gasteiger partial charge in [0.05, 0.1) is 11.7 Å². The second kappa shape index (κ2) is 10.3. The molecule has 0 spiro atoms. The van der Waals surface area contributed by atoms with Crippen molar-refractivity contribution in [2.75, 3.05) is 0 Å². The van der Waals surface area contributed by atoms with Crippen molar-refractivity contribution in [3.05, 3.63) is 59.3 Å². The molecule has 0 radical (unpaired) electrons. The molecule has 0 aromatic rings. The topological polar surface area (TPSA) is 40.5 Å². The van der Waals surface area contributed by atoms with E-state index in [2.05, 4.69) is 65.5 Å². The first-order valence-corrected chi connectivity index (χ1v) is 13.0. The SMILES string of the molecule is C=C1C(=CC=C2CCCC3(C)C(C(C)CC=CC(O)(CC)CC)=CCC23)CC(O)CC1C. The molecule has 0 amide bonds. The standard InChI is InChI=1S/C30H46O2/c1-7-30(32,8-2)18-9-11-21(3)27-15-16-28-24(12-10-17-29(27,28)6)13-14-25-20-26(31)19-22(4)23(25)5/h9,13-15,18,21-22,26,28,31-32H,5,7-8,10-12,16-17,19-20H2,1-4,6H3. The van der Waals surface area contributed by atoms with Crippen molar-refractivity contribution in [2.45, 2.75) is 104 Å². The van der Waals surface area contributed by atoms with E-state index in [-0.39, 0.29) is 11.5 Å². The lowest BCUT2D eigenvalue weighted by Gasteiger charge is -2.42. The Labute approximate surface area is 196 Å². The molecule has 178 valence electrons. The zero-order chi connectivity index (χ0) is 23.5. The van der Waals surface area contributed by atoms with Crippen LogP contribution in [0.4, 0.5) is 0 Å². The van der Waals surface area contributed by atoms with Gasteiger partial charge < -0.3 is 10.2 Å². The van der Waals surface area contributed by atoms with Gasteiger partial charge in [-0.25, -0.2) is 0 Å². The molecule has 2 N–H and O–H groups in total. The van der Waals surface area contributed by atoms with Gasteiger partial charge in [-0.2, -0.15) is 0 Å². The predicted octanol–water partition coefficient (Wildman–Crippen LogP) is 7.46. The molecule has 2 saturated carbocycles. The lowest BCUT2D eigenvalue weighted by molar-refractivity contribution is 0.0824. The van der Waals surface area contributed by atoms with Gasteiger partial charge in [0.25, 0.3) is 0 Å². The van der Waals surface area contributed by atoms with Gasteiger partial charge in [0.1, 0.15) is 0 Å². The van der Waals surface area contributed by atoms with Crippen LogP contribution in [0.15, 0.2) is 59.3 Å². The maximum atomic E-state index is 10.6. The maximum absolute atomic E-state index is 10.6. The molecule has 0 bridgehead atoms. The Bertz CT molecular complexity index is 807. The highest BCUT2D eigenvalue weighted by molar-refractivity contribution is 5.39. The van der Waals surface area contributed by atoms with Crippen molar-refractivity contribution in [2.24, 2.45) is 23.2 Å². The number of rotatable bonds is 7. The van der Waals surface area contributed by atoms with Crippen LogP contribution >= 0.6 is 0 Å². The van der Waals surface area contributed by atoms with Gasteiger partial charge in [-0.05, 0) is 92.1 Å². The molecule has 0 heterocycles. The number of fused-ring (bicyclic) bond motifs is 1. The van der Waals surface area contributed by atoms with Crippen LogP contribution in [-0.4, -0.2) is 21.9 Å². The summed E-state index contributed by atoms with van der Waals surface area (Å²) in [6.07, 6.45) is 20.1. The smallest absolute Gasteiger partial charge is 0.0822 e. The number of aliphatic hydroxyl groups is 2. The molecule has 2 heteroatoms. The Morgan fingerprint density at radius 3 is 2.69 bits per heavy atom. The van der Waals surface area contributed by atoms with Gasteiger partial charge in [0, 0.05) is 0 Å². The van der Waals surface area contributed by atoms with Crippen molar-refractivity contribution in [1.29, 1.82) is 0 Å². The van der Waals surface area contributed by atoms with Crippen molar-refractivity contribution >= 4 is 0 Å². The van der Waals surface area contributed by atoms with Crippen molar-refractivity contribution in [3.8, 4) is 0 Å².